The number of nitriles is 1. The zero-order valence-electron chi connectivity index (χ0n) is 13.2. The number of hydrogen-bond acceptors (Lipinski definition) is 3. The first-order chi connectivity index (χ1) is 9.54. The van der Waals surface area contributed by atoms with Crippen LogP contribution in [0.1, 0.15) is 39.2 Å². The molecule has 3 heteroatoms. The molecule has 1 aromatic carbocycles. The molecule has 3 nitrogen and oxygen atoms in total. The molecule has 1 N–H and O–H groups in total. The summed E-state index contributed by atoms with van der Waals surface area (Å²) in [5.41, 5.74) is 2.15. The summed E-state index contributed by atoms with van der Waals surface area (Å²) in [4.78, 5) is 2.36. The molecule has 1 rings (SSSR count). The summed E-state index contributed by atoms with van der Waals surface area (Å²) in [7, 11) is 0. The monoisotopic (exact) mass is 273 g/mol. The molecule has 0 aromatic heterocycles. The maximum Gasteiger partial charge on any atom is 0.103 e. The smallest absolute Gasteiger partial charge is 0.103 e. The average Bonchev–Trinajstić information content (AvgIpc) is 2.45. The third-order valence-electron chi connectivity index (χ3n) is 3.70. The fourth-order valence-corrected chi connectivity index (χ4v) is 2.42. The Bertz CT molecular complexity index is 433. The van der Waals surface area contributed by atoms with Gasteiger partial charge in [0.05, 0.1) is 6.07 Å². The number of aryl methyl sites for hydroxylation is 1. The Balaban J connectivity index is 2.54. The average molecular weight is 273 g/mol. The van der Waals surface area contributed by atoms with Gasteiger partial charge in [0.15, 0.2) is 0 Å². The molecule has 1 unspecified atom stereocenters. The molecule has 0 aliphatic heterocycles. The summed E-state index contributed by atoms with van der Waals surface area (Å²) in [6.45, 7) is 11.1. The van der Waals surface area contributed by atoms with Crippen molar-refractivity contribution >= 4 is 5.69 Å². The van der Waals surface area contributed by atoms with E-state index in [1.54, 1.807) is 0 Å². The maximum atomic E-state index is 9.26. The zero-order chi connectivity index (χ0) is 15.0. The van der Waals surface area contributed by atoms with Crippen LogP contribution in [0.4, 0.5) is 5.69 Å². The van der Waals surface area contributed by atoms with Crippen molar-refractivity contribution in [2.75, 3.05) is 24.5 Å². The molecular formula is C17H27N3. The van der Waals surface area contributed by atoms with Gasteiger partial charge in [0.1, 0.15) is 5.54 Å². The Labute approximate surface area is 123 Å². The zero-order valence-corrected chi connectivity index (χ0v) is 13.2. The Morgan fingerprint density at radius 1 is 1.25 bits per heavy atom. The lowest BCUT2D eigenvalue weighted by Crippen LogP contribution is -2.41. The standard InChI is InChI=1S/C17H27N3/c1-5-19-17(4,14-18)12-7-13-20(6-2)16-10-8-15(3)9-11-16/h8-11,19H,5-7,12-13H2,1-4H3. The molecule has 0 radical (unpaired) electrons. The van der Waals surface area contributed by atoms with Gasteiger partial charge in [0.2, 0.25) is 0 Å². The quantitative estimate of drug-likeness (QED) is 0.788. The molecule has 20 heavy (non-hydrogen) atoms. The molecule has 0 heterocycles. The van der Waals surface area contributed by atoms with Crippen molar-refractivity contribution in [2.45, 2.75) is 46.1 Å². The van der Waals surface area contributed by atoms with Crippen LogP contribution in [0.3, 0.4) is 0 Å². The van der Waals surface area contributed by atoms with Crippen LogP contribution in [-0.2, 0) is 0 Å². The van der Waals surface area contributed by atoms with E-state index in [1.165, 1.54) is 11.3 Å². The van der Waals surface area contributed by atoms with Gasteiger partial charge < -0.3 is 4.90 Å². The van der Waals surface area contributed by atoms with Crippen LogP contribution >= 0.6 is 0 Å². The number of benzene rings is 1. The Morgan fingerprint density at radius 3 is 2.40 bits per heavy atom. The maximum absolute atomic E-state index is 9.26. The summed E-state index contributed by atoms with van der Waals surface area (Å²) in [5, 5.41) is 12.5. The lowest BCUT2D eigenvalue weighted by molar-refractivity contribution is 0.417. The first-order valence-corrected chi connectivity index (χ1v) is 7.52. The first kappa shape index (κ1) is 16.5. The van der Waals surface area contributed by atoms with Crippen molar-refractivity contribution in [1.82, 2.24) is 5.32 Å². The van der Waals surface area contributed by atoms with Crippen molar-refractivity contribution in [3.05, 3.63) is 29.8 Å². The first-order valence-electron chi connectivity index (χ1n) is 7.52. The predicted molar refractivity (Wildman–Crippen MR) is 86.0 cm³/mol. The number of nitrogens with zero attached hydrogens (tertiary/aromatic N) is 2. The summed E-state index contributed by atoms with van der Waals surface area (Å²) >= 11 is 0. The summed E-state index contributed by atoms with van der Waals surface area (Å²) in [5.74, 6) is 0. The van der Waals surface area contributed by atoms with Crippen LogP contribution in [0.2, 0.25) is 0 Å². The minimum absolute atomic E-state index is 0.401. The predicted octanol–water partition coefficient (Wildman–Crippen LogP) is 3.49. The van der Waals surface area contributed by atoms with E-state index in [-0.39, 0.29) is 0 Å². The van der Waals surface area contributed by atoms with Gasteiger partial charge in [0.25, 0.3) is 0 Å². The summed E-state index contributed by atoms with van der Waals surface area (Å²) in [6.07, 6.45) is 1.89. The van der Waals surface area contributed by atoms with Crippen LogP contribution in [0.5, 0.6) is 0 Å². The molecule has 0 fully saturated rings. The van der Waals surface area contributed by atoms with E-state index in [0.717, 1.165) is 32.5 Å². The highest BCUT2D eigenvalue weighted by Crippen LogP contribution is 2.17. The molecule has 1 atom stereocenters. The molecule has 0 saturated carbocycles. The van der Waals surface area contributed by atoms with Crippen LogP contribution in [0, 0.1) is 18.3 Å². The van der Waals surface area contributed by atoms with E-state index < -0.39 is 5.54 Å². The van der Waals surface area contributed by atoms with Crippen molar-refractivity contribution in [3.63, 3.8) is 0 Å². The summed E-state index contributed by atoms with van der Waals surface area (Å²) in [6, 6.07) is 11.0. The molecule has 0 saturated heterocycles. The van der Waals surface area contributed by atoms with Gasteiger partial charge in [-0.05, 0) is 52.3 Å². The lowest BCUT2D eigenvalue weighted by Gasteiger charge is -2.27. The molecule has 110 valence electrons. The highest BCUT2D eigenvalue weighted by Gasteiger charge is 2.21. The van der Waals surface area contributed by atoms with Gasteiger partial charge >= 0.3 is 0 Å². The van der Waals surface area contributed by atoms with E-state index in [1.807, 2.05) is 13.8 Å². The van der Waals surface area contributed by atoms with Gasteiger partial charge in [-0.2, -0.15) is 5.26 Å². The van der Waals surface area contributed by atoms with Crippen LogP contribution in [0.15, 0.2) is 24.3 Å². The van der Waals surface area contributed by atoms with Gasteiger partial charge in [0, 0.05) is 18.8 Å². The van der Waals surface area contributed by atoms with E-state index in [0.29, 0.717) is 0 Å². The fraction of sp³-hybridized carbons (Fsp3) is 0.588. The van der Waals surface area contributed by atoms with E-state index in [4.69, 9.17) is 0 Å². The van der Waals surface area contributed by atoms with Crippen molar-refractivity contribution in [1.29, 1.82) is 5.26 Å². The number of rotatable bonds is 8. The van der Waals surface area contributed by atoms with Gasteiger partial charge in [-0.3, -0.25) is 5.32 Å². The Kier molecular flexibility index (Phi) is 6.54. The molecule has 0 aliphatic carbocycles. The highest BCUT2D eigenvalue weighted by atomic mass is 15.1. The normalized spacial score (nSPS) is 13.6. The third kappa shape index (κ3) is 4.86. The van der Waals surface area contributed by atoms with E-state index in [9.17, 15) is 5.26 Å². The highest BCUT2D eigenvalue weighted by molar-refractivity contribution is 5.47. The van der Waals surface area contributed by atoms with Crippen LogP contribution in [-0.4, -0.2) is 25.2 Å². The number of nitrogens with one attached hydrogen (secondary N) is 1. The van der Waals surface area contributed by atoms with Gasteiger partial charge in [-0.25, -0.2) is 0 Å². The summed E-state index contributed by atoms with van der Waals surface area (Å²) < 4.78 is 0. The second kappa shape index (κ2) is 7.91. The molecule has 1 aromatic rings. The van der Waals surface area contributed by atoms with E-state index in [2.05, 4.69) is 54.4 Å². The van der Waals surface area contributed by atoms with Gasteiger partial charge in [-0.15, -0.1) is 0 Å². The second-order valence-electron chi connectivity index (χ2n) is 5.49. The Morgan fingerprint density at radius 2 is 1.90 bits per heavy atom. The number of hydrogen-bond donors (Lipinski definition) is 1. The largest absolute Gasteiger partial charge is 0.372 e. The lowest BCUT2D eigenvalue weighted by atomic mass is 9.97. The molecular weight excluding hydrogens is 246 g/mol. The molecule has 0 aliphatic rings. The SMILES string of the molecule is CCNC(C)(C#N)CCCN(CC)c1ccc(C)cc1. The number of anilines is 1. The second-order valence-corrected chi connectivity index (χ2v) is 5.49. The minimum atomic E-state index is -0.401. The third-order valence-corrected chi connectivity index (χ3v) is 3.70. The molecule has 0 spiro atoms. The molecule has 0 bridgehead atoms. The van der Waals surface area contributed by atoms with Gasteiger partial charge in [-0.1, -0.05) is 24.6 Å². The van der Waals surface area contributed by atoms with Crippen molar-refractivity contribution in [3.8, 4) is 6.07 Å². The van der Waals surface area contributed by atoms with Crippen molar-refractivity contribution < 1.29 is 0 Å². The fourth-order valence-electron chi connectivity index (χ4n) is 2.42. The van der Waals surface area contributed by atoms with Crippen molar-refractivity contribution in [2.24, 2.45) is 0 Å². The topological polar surface area (TPSA) is 39.1 Å². The van der Waals surface area contributed by atoms with Crippen LogP contribution < -0.4 is 10.2 Å². The molecule has 0 amide bonds. The van der Waals surface area contributed by atoms with Crippen LogP contribution in [0.25, 0.3) is 0 Å². The van der Waals surface area contributed by atoms with E-state index >= 15 is 0 Å². The Hall–Kier alpha value is -1.53. The minimum Gasteiger partial charge on any atom is -0.372 e.